The SMILES string of the molecule is CCCCCCC(C)CCCCCCCCCCCCCC(C)CCC. The van der Waals surface area contributed by atoms with Crippen molar-refractivity contribution >= 4 is 0 Å². The van der Waals surface area contributed by atoms with Gasteiger partial charge < -0.3 is 0 Å². The van der Waals surface area contributed by atoms with Crippen LogP contribution in [-0.2, 0) is 0 Å². The lowest BCUT2D eigenvalue weighted by Crippen LogP contribution is -1.95. The topological polar surface area (TPSA) is 0 Å². The van der Waals surface area contributed by atoms with E-state index < -0.39 is 0 Å². The minimum atomic E-state index is 0.962. The Morgan fingerprint density at radius 2 is 0.654 bits per heavy atom. The Hall–Kier alpha value is 0. The van der Waals surface area contributed by atoms with Crippen molar-refractivity contribution in [1.29, 1.82) is 0 Å². The third kappa shape index (κ3) is 20.3. The largest absolute Gasteiger partial charge is 0.0654 e. The molecule has 0 heteroatoms. The molecular formula is C26H54. The van der Waals surface area contributed by atoms with Crippen LogP contribution in [0.3, 0.4) is 0 Å². The first-order valence-corrected chi connectivity index (χ1v) is 12.7. The molecule has 0 radical (unpaired) electrons. The molecule has 2 atom stereocenters. The van der Waals surface area contributed by atoms with Gasteiger partial charge in [-0.15, -0.1) is 0 Å². The summed E-state index contributed by atoms with van der Waals surface area (Å²) in [5.41, 5.74) is 0. The summed E-state index contributed by atoms with van der Waals surface area (Å²) >= 11 is 0. The second-order valence-corrected chi connectivity index (χ2v) is 9.31. The molecular weight excluding hydrogens is 312 g/mol. The third-order valence-electron chi connectivity index (χ3n) is 6.23. The van der Waals surface area contributed by atoms with E-state index in [9.17, 15) is 0 Å². The summed E-state index contributed by atoms with van der Waals surface area (Å²) in [6.07, 6.45) is 29.2. The summed E-state index contributed by atoms with van der Waals surface area (Å²) < 4.78 is 0. The lowest BCUT2D eigenvalue weighted by molar-refractivity contribution is 0.432. The molecule has 0 rings (SSSR count). The van der Waals surface area contributed by atoms with Crippen molar-refractivity contribution in [3.63, 3.8) is 0 Å². The van der Waals surface area contributed by atoms with E-state index in [1.165, 1.54) is 128 Å². The van der Waals surface area contributed by atoms with Crippen molar-refractivity contribution in [1.82, 2.24) is 0 Å². The Balaban J connectivity index is 3.13. The van der Waals surface area contributed by atoms with Gasteiger partial charge in [0.15, 0.2) is 0 Å². The zero-order chi connectivity index (χ0) is 19.3. The van der Waals surface area contributed by atoms with Crippen molar-refractivity contribution in [2.75, 3.05) is 0 Å². The van der Waals surface area contributed by atoms with Gasteiger partial charge in [-0.3, -0.25) is 0 Å². The highest BCUT2D eigenvalue weighted by atomic mass is 14.1. The highest BCUT2D eigenvalue weighted by molar-refractivity contribution is 4.56. The molecule has 0 aromatic carbocycles. The quantitative estimate of drug-likeness (QED) is 0.177. The van der Waals surface area contributed by atoms with Gasteiger partial charge >= 0.3 is 0 Å². The van der Waals surface area contributed by atoms with Crippen molar-refractivity contribution in [3.8, 4) is 0 Å². The molecule has 0 aliphatic carbocycles. The summed E-state index contributed by atoms with van der Waals surface area (Å²) in [6.45, 7) is 9.51. The molecule has 0 aliphatic heterocycles. The molecule has 0 bridgehead atoms. The molecule has 158 valence electrons. The van der Waals surface area contributed by atoms with Gasteiger partial charge in [-0.1, -0.05) is 156 Å². The molecule has 0 amide bonds. The van der Waals surface area contributed by atoms with Crippen molar-refractivity contribution in [2.24, 2.45) is 11.8 Å². The summed E-state index contributed by atoms with van der Waals surface area (Å²) in [7, 11) is 0. The van der Waals surface area contributed by atoms with E-state index in [1.54, 1.807) is 0 Å². The van der Waals surface area contributed by atoms with Crippen LogP contribution in [0.25, 0.3) is 0 Å². The van der Waals surface area contributed by atoms with E-state index in [2.05, 4.69) is 27.7 Å². The van der Waals surface area contributed by atoms with Crippen LogP contribution in [0, 0.1) is 11.8 Å². The Labute approximate surface area is 168 Å². The maximum absolute atomic E-state index is 2.47. The molecule has 0 N–H and O–H groups in total. The second kappa shape index (κ2) is 21.3. The highest BCUT2D eigenvalue weighted by Crippen LogP contribution is 2.19. The number of hydrogen-bond donors (Lipinski definition) is 0. The Bertz CT molecular complexity index is 244. The van der Waals surface area contributed by atoms with Crippen LogP contribution in [0.4, 0.5) is 0 Å². The molecule has 0 heterocycles. The molecule has 0 aromatic rings. The molecule has 0 aliphatic rings. The minimum Gasteiger partial charge on any atom is -0.0654 e. The van der Waals surface area contributed by atoms with Crippen LogP contribution in [0.1, 0.15) is 156 Å². The lowest BCUT2D eigenvalue weighted by Gasteiger charge is -2.10. The first kappa shape index (κ1) is 26.0. The smallest absolute Gasteiger partial charge is 0.0443 e. The van der Waals surface area contributed by atoms with Gasteiger partial charge in [-0.25, -0.2) is 0 Å². The van der Waals surface area contributed by atoms with E-state index in [1.807, 2.05) is 0 Å². The first-order chi connectivity index (χ1) is 12.7. The zero-order valence-corrected chi connectivity index (χ0v) is 19.3. The van der Waals surface area contributed by atoms with Gasteiger partial charge in [0.1, 0.15) is 0 Å². The van der Waals surface area contributed by atoms with Crippen molar-refractivity contribution in [2.45, 2.75) is 156 Å². The van der Waals surface area contributed by atoms with Gasteiger partial charge in [0.2, 0.25) is 0 Å². The zero-order valence-electron chi connectivity index (χ0n) is 19.3. The lowest BCUT2D eigenvalue weighted by atomic mass is 9.96. The number of hydrogen-bond acceptors (Lipinski definition) is 0. The van der Waals surface area contributed by atoms with Crippen LogP contribution in [0.15, 0.2) is 0 Å². The number of unbranched alkanes of at least 4 members (excludes halogenated alkanes) is 13. The molecule has 26 heavy (non-hydrogen) atoms. The molecule has 0 fully saturated rings. The third-order valence-corrected chi connectivity index (χ3v) is 6.23. The summed E-state index contributed by atoms with van der Waals surface area (Å²) in [6, 6.07) is 0. The van der Waals surface area contributed by atoms with Crippen LogP contribution in [-0.4, -0.2) is 0 Å². The summed E-state index contributed by atoms with van der Waals surface area (Å²) in [4.78, 5) is 0. The van der Waals surface area contributed by atoms with Gasteiger partial charge in [0.05, 0.1) is 0 Å². The van der Waals surface area contributed by atoms with Crippen molar-refractivity contribution in [3.05, 3.63) is 0 Å². The van der Waals surface area contributed by atoms with Crippen LogP contribution < -0.4 is 0 Å². The monoisotopic (exact) mass is 366 g/mol. The Morgan fingerprint density at radius 1 is 0.346 bits per heavy atom. The van der Waals surface area contributed by atoms with Crippen molar-refractivity contribution < 1.29 is 0 Å². The molecule has 2 unspecified atom stereocenters. The fraction of sp³-hybridized carbons (Fsp3) is 1.00. The van der Waals surface area contributed by atoms with Gasteiger partial charge in [0, 0.05) is 0 Å². The summed E-state index contributed by atoms with van der Waals surface area (Å²) in [5, 5.41) is 0. The maximum Gasteiger partial charge on any atom is -0.0443 e. The standard InChI is InChI=1S/C26H54/c1-5-7-8-18-23-26(4)24-20-17-15-13-11-9-10-12-14-16-19-22-25(3)21-6-2/h25-26H,5-24H2,1-4H3. The van der Waals surface area contributed by atoms with Gasteiger partial charge in [0.25, 0.3) is 0 Å². The van der Waals surface area contributed by atoms with E-state index in [0.717, 1.165) is 11.8 Å². The Morgan fingerprint density at radius 3 is 1.00 bits per heavy atom. The molecule has 0 nitrogen and oxygen atoms in total. The average molecular weight is 367 g/mol. The van der Waals surface area contributed by atoms with Gasteiger partial charge in [-0.2, -0.15) is 0 Å². The predicted molar refractivity (Wildman–Crippen MR) is 122 cm³/mol. The summed E-state index contributed by atoms with van der Waals surface area (Å²) in [5.74, 6) is 1.93. The van der Waals surface area contributed by atoms with Crippen LogP contribution >= 0.6 is 0 Å². The minimum absolute atomic E-state index is 0.962. The maximum atomic E-state index is 2.47. The van der Waals surface area contributed by atoms with E-state index in [0.29, 0.717) is 0 Å². The van der Waals surface area contributed by atoms with E-state index in [4.69, 9.17) is 0 Å². The molecule has 0 spiro atoms. The normalized spacial score (nSPS) is 13.8. The van der Waals surface area contributed by atoms with E-state index in [-0.39, 0.29) is 0 Å². The fourth-order valence-corrected chi connectivity index (χ4v) is 4.28. The first-order valence-electron chi connectivity index (χ1n) is 12.7. The fourth-order valence-electron chi connectivity index (χ4n) is 4.28. The molecule has 0 aromatic heterocycles. The predicted octanol–water partition coefficient (Wildman–Crippen LogP) is 10.1. The van der Waals surface area contributed by atoms with E-state index >= 15 is 0 Å². The van der Waals surface area contributed by atoms with Gasteiger partial charge in [-0.05, 0) is 11.8 Å². The van der Waals surface area contributed by atoms with Crippen LogP contribution in [0.2, 0.25) is 0 Å². The Kier molecular flexibility index (Phi) is 21.3. The van der Waals surface area contributed by atoms with Crippen LogP contribution in [0.5, 0.6) is 0 Å². The number of rotatable bonds is 21. The second-order valence-electron chi connectivity index (χ2n) is 9.31. The molecule has 0 saturated heterocycles. The molecule has 0 saturated carbocycles. The highest BCUT2D eigenvalue weighted by Gasteiger charge is 2.02. The average Bonchev–Trinajstić information content (AvgIpc) is 2.63.